The quantitative estimate of drug-likeness (QED) is 0.0436. The number of unbranched alkanes of at least 4 members (excludes halogenated alkanes) is 8. The lowest BCUT2D eigenvalue weighted by Gasteiger charge is -2.75. The van der Waals surface area contributed by atoms with Crippen LogP contribution in [-0.4, -0.2) is 82.8 Å². The van der Waals surface area contributed by atoms with Crippen molar-refractivity contribution >= 4 is 17.9 Å². The smallest absolute Gasteiger partial charge is 0.344 e. The maximum Gasteiger partial charge on any atom is 0.344 e. The lowest BCUT2D eigenvalue weighted by Crippen LogP contribution is -2.88. The Bertz CT molecular complexity index is 2030. The number of aliphatic hydroxyl groups is 1. The third-order valence-electron chi connectivity index (χ3n) is 16.9. The second-order valence-corrected chi connectivity index (χ2v) is 21.5. The number of ether oxygens (including phenoxy) is 8. The Morgan fingerprint density at radius 2 is 1.57 bits per heavy atom. The van der Waals surface area contributed by atoms with Crippen LogP contribution in [0.4, 0.5) is 0 Å². The third-order valence-corrected chi connectivity index (χ3v) is 16.9. The van der Waals surface area contributed by atoms with Crippen LogP contribution >= 0.6 is 0 Å². The Kier molecular flexibility index (Phi) is 14.1. The van der Waals surface area contributed by atoms with E-state index in [1.807, 2.05) is 13.0 Å². The molecule has 12 nitrogen and oxygen atoms in total. The number of carbonyl (C=O) groups is 3. The molecule has 1 unspecified atom stereocenters. The monoisotopic (exact) mass is 929 g/mol. The minimum absolute atomic E-state index is 0.0390. The fraction of sp³-hybridized carbons (Fsp3) is 0.727. The summed E-state index contributed by atoms with van der Waals surface area (Å²) in [6.07, 6.45) is 25.0. The molecule has 12 atom stereocenters. The first-order chi connectivity index (χ1) is 32.3. The van der Waals surface area contributed by atoms with E-state index in [9.17, 15) is 19.5 Å². The molecule has 7 aliphatic heterocycles. The van der Waals surface area contributed by atoms with E-state index in [0.717, 1.165) is 89.0 Å². The van der Waals surface area contributed by atoms with Crippen LogP contribution < -0.4 is 0 Å². The molecular formula is C55H76O12. The molecule has 368 valence electrons. The van der Waals surface area contributed by atoms with Crippen LogP contribution in [0.5, 0.6) is 0 Å². The molecule has 0 radical (unpaired) electrons. The van der Waals surface area contributed by atoms with E-state index in [2.05, 4.69) is 44.7 Å². The number of hydrogen-bond donors (Lipinski definition) is 1. The van der Waals surface area contributed by atoms with Crippen molar-refractivity contribution in [3.05, 3.63) is 72.4 Å². The van der Waals surface area contributed by atoms with Crippen LogP contribution in [0.1, 0.15) is 166 Å². The molecule has 5 bridgehead atoms. The Balaban J connectivity index is 0.980. The lowest BCUT2D eigenvalue weighted by atomic mass is 9.48. The van der Waals surface area contributed by atoms with Crippen molar-refractivity contribution in [2.24, 2.45) is 35.5 Å². The van der Waals surface area contributed by atoms with E-state index in [0.29, 0.717) is 24.8 Å². The van der Waals surface area contributed by atoms with Gasteiger partial charge in [-0.2, -0.15) is 0 Å². The Labute approximate surface area is 397 Å². The van der Waals surface area contributed by atoms with Gasteiger partial charge in [0.1, 0.15) is 18.8 Å². The molecule has 0 aromatic heterocycles. The molecule has 0 amide bonds. The normalized spacial score (nSPS) is 41.2. The summed E-state index contributed by atoms with van der Waals surface area (Å²) in [5.41, 5.74) is -3.70. The summed E-state index contributed by atoms with van der Waals surface area (Å²) in [5.74, 6) is -8.83. The maximum absolute atomic E-state index is 14.9. The Morgan fingerprint density at radius 1 is 0.866 bits per heavy atom. The highest BCUT2D eigenvalue weighted by Gasteiger charge is 2.96. The molecule has 7 saturated heterocycles. The molecular weight excluding hydrogens is 853 g/mol. The zero-order chi connectivity index (χ0) is 47.1. The fourth-order valence-corrected chi connectivity index (χ4v) is 13.9. The summed E-state index contributed by atoms with van der Waals surface area (Å²) < 4.78 is 54.4. The highest BCUT2D eigenvalue weighted by Crippen LogP contribution is 2.79. The summed E-state index contributed by atoms with van der Waals surface area (Å²) >= 11 is 0. The second-order valence-electron chi connectivity index (χ2n) is 21.5. The minimum Gasteiger partial charge on any atom is -0.462 e. The van der Waals surface area contributed by atoms with Crippen molar-refractivity contribution in [1.29, 1.82) is 0 Å². The van der Waals surface area contributed by atoms with Crippen LogP contribution in [0.25, 0.3) is 0 Å². The van der Waals surface area contributed by atoms with Crippen molar-refractivity contribution in [1.82, 2.24) is 0 Å². The number of carbonyl (C=O) groups excluding carboxylic acids is 3. The van der Waals surface area contributed by atoms with Crippen LogP contribution in [0.2, 0.25) is 0 Å². The third kappa shape index (κ3) is 8.39. The topological polar surface area (TPSA) is 149 Å². The summed E-state index contributed by atoms with van der Waals surface area (Å²) in [5, 5.41) is 13.2. The molecule has 1 aromatic carbocycles. The Morgan fingerprint density at radius 3 is 2.31 bits per heavy atom. The van der Waals surface area contributed by atoms with Gasteiger partial charge in [0.2, 0.25) is 11.4 Å². The fourth-order valence-electron chi connectivity index (χ4n) is 13.9. The first kappa shape index (κ1) is 48.6. The van der Waals surface area contributed by atoms with Crippen LogP contribution in [0, 0.1) is 35.5 Å². The second kappa shape index (κ2) is 19.4. The molecule has 9 aliphatic rings. The van der Waals surface area contributed by atoms with Gasteiger partial charge in [0.15, 0.2) is 11.4 Å². The molecule has 1 N–H and O–H groups in total. The average Bonchev–Trinajstić information content (AvgIpc) is 3.87. The largest absolute Gasteiger partial charge is 0.462 e. The number of rotatable bonds is 20. The average molecular weight is 929 g/mol. The van der Waals surface area contributed by atoms with Crippen molar-refractivity contribution < 1.29 is 57.4 Å². The van der Waals surface area contributed by atoms with Gasteiger partial charge in [-0.05, 0) is 76.3 Å². The number of benzene rings is 1. The van der Waals surface area contributed by atoms with E-state index in [-0.39, 0.29) is 25.6 Å². The molecule has 67 heavy (non-hydrogen) atoms. The van der Waals surface area contributed by atoms with Crippen LogP contribution in [0.3, 0.4) is 0 Å². The standard InChI is InChI=1S/C55H76O12/c1-6-7-8-9-10-11-12-13-14-15-16-17-18-21-27-32-42(56)61-36-51-46(62-51)45-53-40(35-60-47(57)39-30-25-23-26-31-39)34-41(37(2)3)55(45)66-52(65-53,67-55)33-28-22-19-20-24-29-38(4)43-44(53)54(48(51)58)49(59)63-50(43,5)64-54/h10-11,13-14,23,25-26,30-31,38,40-41,43-46,48,58H,2,6-9,12,15-22,24,27-29,32-36H2,1,3-5H3/b11-10-,14-13-/t38-,40-,41-,43+,44-,45+,46-,48+,50-,51?,52?,53-,54-,55?/m0/s1. The van der Waals surface area contributed by atoms with E-state index in [1.165, 1.54) is 19.3 Å². The maximum atomic E-state index is 14.9. The molecule has 9 fully saturated rings. The number of epoxide rings is 1. The highest BCUT2D eigenvalue weighted by molar-refractivity contribution is 5.89. The van der Waals surface area contributed by atoms with E-state index in [1.54, 1.807) is 31.2 Å². The highest BCUT2D eigenvalue weighted by atomic mass is 17.0. The van der Waals surface area contributed by atoms with Gasteiger partial charge in [0, 0.05) is 43.4 Å². The van der Waals surface area contributed by atoms with E-state index in [4.69, 9.17) is 37.9 Å². The molecule has 2 saturated carbocycles. The van der Waals surface area contributed by atoms with Crippen molar-refractivity contribution in [3.63, 3.8) is 0 Å². The number of aliphatic hydroxyl groups excluding tert-OH is 1. The lowest BCUT2D eigenvalue weighted by molar-refractivity contribution is -0.678. The van der Waals surface area contributed by atoms with Gasteiger partial charge in [-0.15, -0.1) is 0 Å². The summed E-state index contributed by atoms with van der Waals surface area (Å²) in [4.78, 5) is 42.3. The van der Waals surface area contributed by atoms with E-state index < -0.39 is 94.1 Å². The summed E-state index contributed by atoms with van der Waals surface area (Å²) in [6.45, 7) is 12.2. The molecule has 1 aromatic rings. The molecule has 2 aliphatic carbocycles. The van der Waals surface area contributed by atoms with Crippen LogP contribution in [0.15, 0.2) is 66.8 Å². The Hall–Kier alpha value is -3.39. The molecule has 12 heteroatoms. The zero-order valence-corrected chi connectivity index (χ0v) is 40.5. The molecule has 7 heterocycles. The summed E-state index contributed by atoms with van der Waals surface area (Å²) in [7, 11) is 0. The van der Waals surface area contributed by atoms with Crippen LogP contribution in [-0.2, 0) is 47.5 Å². The van der Waals surface area contributed by atoms with Gasteiger partial charge in [0.25, 0.3) is 5.97 Å². The minimum atomic E-state index is -1.98. The summed E-state index contributed by atoms with van der Waals surface area (Å²) in [6, 6.07) is 8.88. The van der Waals surface area contributed by atoms with E-state index >= 15 is 0 Å². The number of fused-ring (bicyclic) bond motifs is 3. The predicted octanol–water partition coefficient (Wildman–Crippen LogP) is 10.4. The first-order valence-electron chi connectivity index (χ1n) is 26.1. The SMILES string of the molecule is C=C(C)[C@@H]1C[C@@H](COC(=O)c2ccccc2)[C@]23OC45CCCCCCC[C@H](C)[C@@H]6[C@@H]2[C@]2(O[C@]6(C)OC2=O)[C@H](O)C2(COC(=O)CCCCCCC/C=C\C/C=C\CCCCC)O[C@H]2[C@H]3C1(O4)O5. The van der Waals surface area contributed by atoms with Gasteiger partial charge in [-0.25, -0.2) is 9.59 Å². The van der Waals surface area contributed by atoms with Gasteiger partial charge in [-0.3, -0.25) is 14.3 Å². The van der Waals surface area contributed by atoms with Gasteiger partial charge in [-0.1, -0.05) is 133 Å². The van der Waals surface area contributed by atoms with Gasteiger partial charge < -0.3 is 33.5 Å². The van der Waals surface area contributed by atoms with Crippen molar-refractivity contribution in [3.8, 4) is 0 Å². The van der Waals surface area contributed by atoms with Gasteiger partial charge >= 0.3 is 17.9 Å². The number of allylic oxidation sites excluding steroid dienone is 4. The van der Waals surface area contributed by atoms with Crippen molar-refractivity contribution in [2.45, 2.75) is 203 Å². The van der Waals surface area contributed by atoms with Crippen molar-refractivity contribution in [2.75, 3.05) is 13.2 Å². The van der Waals surface area contributed by atoms with Gasteiger partial charge in [0.05, 0.1) is 23.7 Å². The molecule has 10 rings (SSSR count). The zero-order valence-electron chi connectivity index (χ0n) is 40.5. The number of hydrogen-bond acceptors (Lipinski definition) is 12. The predicted molar refractivity (Wildman–Crippen MR) is 249 cm³/mol. The number of esters is 3. The molecule has 4 spiro atoms. The first-order valence-corrected chi connectivity index (χ1v) is 26.1.